The third kappa shape index (κ3) is 3.84. The van der Waals surface area contributed by atoms with Gasteiger partial charge in [0.05, 0.1) is 6.10 Å². The van der Waals surface area contributed by atoms with E-state index in [0.717, 1.165) is 19.4 Å². The molecule has 2 nitrogen and oxygen atoms in total. The van der Waals surface area contributed by atoms with Crippen LogP contribution in [0, 0.1) is 11.3 Å². The summed E-state index contributed by atoms with van der Waals surface area (Å²) in [4.78, 5) is 1.47. The fourth-order valence-electron chi connectivity index (χ4n) is 2.89. The highest BCUT2D eigenvalue weighted by Crippen LogP contribution is 2.43. The van der Waals surface area contributed by atoms with Gasteiger partial charge in [0.2, 0.25) is 0 Å². The van der Waals surface area contributed by atoms with Gasteiger partial charge in [-0.25, -0.2) is 0 Å². The van der Waals surface area contributed by atoms with Gasteiger partial charge in [0.1, 0.15) is 0 Å². The normalized spacial score (nSPS) is 26.5. The number of ether oxygens (including phenoxy) is 1. The van der Waals surface area contributed by atoms with E-state index in [2.05, 4.69) is 57.4 Å². The Hall–Kier alpha value is -0.380. The minimum Gasteiger partial charge on any atom is -0.377 e. The molecule has 1 heterocycles. The van der Waals surface area contributed by atoms with Crippen molar-refractivity contribution in [2.24, 2.45) is 11.3 Å². The molecule has 114 valence electrons. The summed E-state index contributed by atoms with van der Waals surface area (Å²) < 4.78 is 6.03. The Morgan fingerprint density at radius 2 is 2.15 bits per heavy atom. The van der Waals surface area contributed by atoms with Gasteiger partial charge in [-0.1, -0.05) is 33.8 Å². The maximum atomic E-state index is 6.03. The van der Waals surface area contributed by atoms with E-state index in [-0.39, 0.29) is 5.41 Å². The Morgan fingerprint density at radius 1 is 1.40 bits per heavy atom. The van der Waals surface area contributed by atoms with Gasteiger partial charge in [0.25, 0.3) is 0 Å². The Balaban J connectivity index is 1.77. The van der Waals surface area contributed by atoms with Gasteiger partial charge in [-0.05, 0) is 37.1 Å². The average molecular weight is 295 g/mol. The Morgan fingerprint density at radius 3 is 2.70 bits per heavy atom. The van der Waals surface area contributed by atoms with E-state index in [0.29, 0.717) is 24.1 Å². The summed E-state index contributed by atoms with van der Waals surface area (Å²) in [6, 6.07) is 5.47. The molecule has 1 fully saturated rings. The van der Waals surface area contributed by atoms with E-state index in [1.807, 2.05) is 11.3 Å². The quantitative estimate of drug-likeness (QED) is 0.817. The molecule has 1 aromatic rings. The highest BCUT2D eigenvalue weighted by Gasteiger charge is 2.49. The van der Waals surface area contributed by atoms with Gasteiger partial charge in [-0.15, -0.1) is 11.3 Å². The summed E-state index contributed by atoms with van der Waals surface area (Å²) in [6.45, 7) is 12.3. The third-order valence-electron chi connectivity index (χ3n) is 4.38. The first-order chi connectivity index (χ1) is 9.39. The summed E-state index contributed by atoms with van der Waals surface area (Å²) in [6.07, 6.45) is 2.69. The number of thiophene rings is 1. The zero-order valence-electron chi connectivity index (χ0n) is 13.5. The molecule has 3 atom stereocenters. The molecule has 3 unspecified atom stereocenters. The third-order valence-corrected chi connectivity index (χ3v) is 5.28. The summed E-state index contributed by atoms with van der Waals surface area (Å²) in [5.74, 6) is 0.621. The molecule has 0 aromatic carbocycles. The fraction of sp³-hybridized carbons (Fsp3) is 0.765. The molecule has 0 aliphatic heterocycles. The standard InChI is InChI=1S/C17H29NOS/c1-12(2)11-19-16-10-15(17(16,4)5)18-13(3)9-14-7-6-8-20-14/h6-8,12-13,15-16,18H,9-11H2,1-5H3. The maximum Gasteiger partial charge on any atom is 0.0656 e. The van der Waals surface area contributed by atoms with Crippen molar-refractivity contribution in [1.82, 2.24) is 5.32 Å². The second-order valence-corrected chi connectivity index (χ2v) is 8.21. The Labute approximate surface area is 127 Å². The first kappa shape index (κ1) is 16.0. The molecule has 0 bridgehead atoms. The summed E-state index contributed by atoms with van der Waals surface area (Å²) >= 11 is 1.85. The van der Waals surface area contributed by atoms with E-state index in [4.69, 9.17) is 4.74 Å². The van der Waals surface area contributed by atoms with Crippen LogP contribution in [-0.4, -0.2) is 24.8 Å². The molecule has 0 radical (unpaired) electrons. The van der Waals surface area contributed by atoms with E-state index in [1.165, 1.54) is 4.88 Å². The summed E-state index contributed by atoms with van der Waals surface area (Å²) in [5.41, 5.74) is 0.249. The van der Waals surface area contributed by atoms with Crippen molar-refractivity contribution in [3.05, 3.63) is 22.4 Å². The number of hydrogen-bond acceptors (Lipinski definition) is 3. The monoisotopic (exact) mass is 295 g/mol. The van der Waals surface area contributed by atoms with E-state index < -0.39 is 0 Å². The molecule has 20 heavy (non-hydrogen) atoms. The zero-order valence-corrected chi connectivity index (χ0v) is 14.3. The predicted octanol–water partition coefficient (Wildman–Crippen LogP) is 4.11. The highest BCUT2D eigenvalue weighted by atomic mass is 32.1. The van der Waals surface area contributed by atoms with Crippen LogP contribution in [0.2, 0.25) is 0 Å². The van der Waals surface area contributed by atoms with Crippen LogP contribution in [0.15, 0.2) is 17.5 Å². The second kappa shape index (κ2) is 6.59. The van der Waals surface area contributed by atoms with Gasteiger partial charge in [0, 0.05) is 29.0 Å². The lowest BCUT2D eigenvalue weighted by atomic mass is 9.64. The first-order valence-electron chi connectivity index (χ1n) is 7.79. The number of nitrogens with one attached hydrogen (secondary N) is 1. The largest absolute Gasteiger partial charge is 0.377 e. The molecule has 1 aromatic heterocycles. The Kier molecular flexibility index (Phi) is 5.27. The molecule has 2 rings (SSSR count). The van der Waals surface area contributed by atoms with Gasteiger partial charge < -0.3 is 10.1 Å². The van der Waals surface area contributed by atoms with Crippen LogP contribution in [0.5, 0.6) is 0 Å². The van der Waals surface area contributed by atoms with Crippen molar-refractivity contribution in [2.45, 2.75) is 65.6 Å². The predicted molar refractivity (Wildman–Crippen MR) is 87.4 cm³/mol. The molecule has 1 N–H and O–H groups in total. The molecule has 1 aliphatic rings. The van der Waals surface area contributed by atoms with Crippen molar-refractivity contribution < 1.29 is 4.74 Å². The smallest absolute Gasteiger partial charge is 0.0656 e. The molecule has 3 heteroatoms. The van der Waals surface area contributed by atoms with Crippen LogP contribution in [0.3, 0.4) is 0 Å². The molecular weight excluding hydrogens is 266 g/mol. The second-order valence-electron chi connectivity index (χ2n) is 7.18. The summed E-state index contributed by atoms with van der Waals surface area (Å²) in [7, 11) is 0. The van der Waals surface area contributed by atoms with Gasteiger partial charge in [0.15, 0.2) is 0 Å². The van der Waals surface area contributed by atoms with Crippen molar-refractivity contribution in [3.8, 4) is 0 Å². The molecular formula is C17H29NOS. The molecule has 0 saturated heterocycles. The van der Waals surface area contributed by atoms with Crippen LogP contribution in [0.1, 0.15) is 45.9 Å². The minimum absolute atomic E-state index is 0.249. The topological polar surface area (TPSA) is 21.3 Å². The lowest BCUT2D eigenvalue weighted by Crippen LogP contribution is -2.62. The lowest BCUT2D eigenvalue weighted by molar-refractivity contribution is -0.125. The SMILES string of the molecule is CC(C)COC1CC(NC(C)Cc2cccs2)C1(C)C. The fourth-order valence-corrected chi connectivity index (χ4v) is 3.73. The van der Waals surface area contributed by atoms with Crippen molar-refractivity contribution in [1.29, 1.82) is 0 Å². The minimum atomic E-state index is 0.249. The van der Waals surface area contributed by atoms with Crippen LogP contribution in [0.4, 0.5) is 0 Å². The molecule has 0 amide bonds. The van der Waals surface area contributed by atoms with Gasteiger partial charge >= 0.3 is 0 Å². The van der Waals surface area contributed by atoms with Crippen LogP contribution in [0.25, 0.3) is 0 Å². The highest BCUT2D eigenvalue weighted by molar-refractivity contribution is 7.09. The van der Waals surface area contributed by atoms with E-state index in [1.54, 1.807) is 0 Å². The molecule has 0 spiro atoms. The first-order valence-corrected chi connectivity index (χ1v) is 8.67. The molecule has 1 saturated carbocycles. The Bertz CT molecular complexity index is 399. The van der Waals surface area contributed by atoms with Crippen molar-refractivity contribution in [2.75, 3.05) is 6.61 Å². The van der Waals surface area contributed by atoms with Gasteiger partial charge in [-0.2, -0.15) is 0 Å². The molecule has 1 aliphatic carbocycles. The lowest BCUT2D eigenvalue weighted by Gasteiger charge is -2.53. The van der Waals surface area contributed by atoms with Crippen LogP contribution >= 0.6 is 11.3 Å². The van der Waals surface area contributed by atoms with Crippen molar-refractivity contribution in [3.63, 3.8) is 0 Å². The van der Waals surface area contributed by atoms with E-state index in [9.17, 15) is 0 Å². The zero-order chi connectivity index (χ0) is 14.8. The maximum absolute atomic E-state index is 6.03. The number of hydrogen-bond donors (Lipinski definition) is 1. The summed E-state index contributed by atoms with van der Waals surface area (Å²) in [5, 5.41) is 5.95. The van der Waals surface area contributed by atoms with Crippen LogP contribution < -0.4 is 5.32 Å². The van der Waals surface area contributed by atoms with E-state index >= 15 is 0 Å². The number of rotatable bonds is 7. The van der Waals surface area contributed by atoms with Crippen LogP contribution in [-0.2, 0) is 11.2 Å². The average Bonchev–Trinajstić information content (AvgIpc) is 2.85. The van der Waals surface area contributed by atoms with Gasteiger partial charge in [-0.3, -0.25) is 0 Å². The van der Waals surface area contributed by atoms with Crippen molar-refractivity contribution >= 4 is 11.3 Å².